The molecule has 13 heteroatoms. The summed E-state index contributed by atoms with van der Waals surface area (Å²) in [6.45, 7) is 0.377. The van der Waals surface area contributed by atoms with Crippen LogP contribution in [-0.2, 0) is 6.42 Å². The minimum Gasteiger partial charge on any atom is -0.393 e. The second-order valence-electron chi connectivity index (χ2n) is 6.88. The number of hydrogen-bond acceptors (Lipinski definition) is 9. The molecule has 0 saturated carbocycles. The van der Waals surface area contributed by atoms with Crippen LogP contribution in [0.1, 0.15) is 5.69 Å². The molecule has 168 valence electrons. The van der Waals surface area contributed by atoms with Gasteiger partial charge in [-0.2, -0.15) is 0 Å². The van der Waals surface area contributed by atoms with Gasteiger partial charge in [0.05, 0.1) is 26.9 Å². The molecule has 11 nitrogen and oxygen atoms in total. The molecule has 0 aliphatic rings. The summed E-state index contributed by atoms with van der Waals surface area (Å²) in [7, 11) is 0. The molecular formula is C20H17Cl2N9O2. The molecule has 4 aromatic rings. The van der Waals surface area contributed by atoms with Crippen molar-refractivity contribution in [1.82, 2.24) is 24.9 Å². The Morgan fingerprint density at radius 1 is 1.15 bits per heavy atom. The molecule has 0 radical (unpaired) electrons. The summed E-state index contributed by atoms with van der Waals surface area (Å²) >= 11 is 12.5. The lowest BCUT2D eigenvalue weighted by molar-refractivity contribution is -0.384. The van der Waals surface area contributed by atoms with E-state index in [1.165, 1.54) is 6.07 Å². The van der Waals surface area contributed by atoms with Crippen LogP contribution in [0.2, 0.25) is 10.0 Å². The van der Waals surface area contributed by atoms with Gasteiger partial charge < -0.3 is 21.8 Å². The van der Waals surface area contributed by atoms with Crippen molar-refractivity contribution in [3.8, 4) is 22.6 Å². The zero-order valence-electron chi connectivity index (χ0n) is 16.9. The lowest BCUT2D eigenvalue weighted by Crippen LogP contribution is -2.12. The summed E-state index contributed by atoms with van der Waals surface area (Å²) in [5, 5.41) is 14.9. The Morgan fingerprint density at radius 3 is 2.64 bits per heavy atom. The number of aromatic amines is 1. The van der Waals surface area contributed by atoms with E-state index in [9.17, 15) is 10.1 Å². The molecule has 0 spiro atoms. The maximum atomic E-state index is 10.9. The third-order valence-corrected chi connectivity index (χ3v) is 5.25. The number of nitrogens with two attached hydrogens (primary N) is 2. The number of aromatic nitrogens is 5. The van der Waals surface area contributed by atoms with Crippen molar-refractivity contribution < 1.29 is 4.92 Å². The van der Waals surface area contributed by atoms with Crippen LogP contribution in [0.4, 0.5) is 23.1 Å². The highest BCUT2D eigenvalue weighted by molar-refractivity contribution is 6.36. The third-order valence-electron chi connectivity index (χ3n) is 4.70. The predicted molar refractivity (Wildman–Crippen MR) is 127 cm³/mol. The van der Waals surface area contributed by atoms with E-state index in [-0.39, 0.29) is 17.3 Å². The van der Waals surface area contributed by atoms with Gasteiger partial charge in [0.25, 0.3) is 0 Å². The van der Waals surface area contributed by atoms with Crippen LogP contribution in [-0.4, -0.2) is 36.4 Å². The predicted octanol–water partition coefficient (Wildman–Crippen LogP) is 3.96. The van der Waals surface area contributed by atoms with Crippen molar-refractivity contribution in [1.29, 1.82) is 0 Å². The second-order valence-corrected chi connectivity index (χ2v) is 7.72. The molecular weight excluding hydrogens is 469 g/mol. The standard InChI is InChI=1S/C20H17Cl2N9O2/c21-10-1-2-11(12(22)7-10)18-17(19-26-5-6-27-19)14(29-20(24)30-18)3-4-25-16-8-13(23)15(9-28-16)31(32)33/h1-2,5-9H,3-4H2,(H,26,27)(H3,23,25,28)(H2,24,29,30). The van der Waals surface area contributed by atoms with Crippen LogP contribution in [0, 0.1) is 10.1 Å². The Balaban J connectivity index is 1.68. The zero-order valence-corrected chi connectivity index (χ0v) is 18.4. The van der Waals surface area contributed by atoms with E-state index in [0.717, 1.165) is 6.20 Å². The van der Waals surface area contributed by atoms with Crippen LogP contribution in [0.3, 0.4) is 0 Å². The molecule has 0 aliphatic carbocycles. The lowest BCUT2D eigenvalue weighted by Gasteiger charge is -2.15. The number of nitrogens with one attached hydrogen (secondary N) is 2. The molecule has 4 rings (SSSR count). The van der Waals surface area contributed by atoms with E-state index in [1.54, 1.807) is 30.6 Å². The van der Waals surface area contributed by atoms with Gasteiger partial charge in [0.1, 0.15) is 23.5 Å². The summed E-state index contributed by atoms with van der Waals surface area (Å²) in [6.07, 6.45) is 4.81. The first-order valence-electron chi connectivity index (χ1n) is 9.59. The van der Waals surface area contributed by atoms with Crippen LogP contribution in [0.5, 0.6) is 0 Å². The maximum absolute atomic E-state index is 10.9. The van der Waals surface area contributed by atoms with Crippen molar-refractivity contribution in [2.24, 2.45) is 0 Å². The molecule has 0 unspecified atom stereocenters. The number of anilines is 3. The first kappa shape index (κ1) is 22.2. The topological polar surface area (TPSA) is 175 Å². The molecule has 6 N–H and O–H groups in total. The molecule has 0 fully saturated rings. The summed E-state index contributed by atoms with van der Waals surface area (Å²) in [4.78, 5) is 30.6. The zero-order chi connectivity index (χ0) is 23.5. The molecule has 0 amide bonds. The number of rotatable bonds is 7. The fraction of sp³-hybridized carbons (Fsp3) is 0.100. The number of imidazole rings is 1. The highest BCUT2D eigenvalue weighted by atomic mass is 35.5. The van der Waals surface area contributed by atoms with Crippen molar-refractivity contribution in [3.63, 3.8) is 0 Å². The molecule has 0 atom stereocenters. The molecule has 0 saturated heterocycles. The van der Waals surface area contributed by atoms with Gasteiger partial charge in [-0.1, -0.05) is 23.2 Å². The van der Waals surface area contributed by atoms with Gasteiger partial charge in [-0.05, 0) is 18.2 Å². The van der Waals surface area contributed by atoms with E-state index < -0.39 is 4.92 Å². The Morgan fingerprint density at radius 2 is 1.97 bits per heavy atom. The first-order valence-corrected chi connectivity index (χ1v) is 10.3. The number of nitrogen functional groups attached to an aromatic ring is 2. The molecule has 0 aliphatic heterocycles. The summed E-state index contributed by atoms with van der Waals surface area (Å²) < 4.78 is 0. The van der Waals surface area contributed by atoms with E-state index in [0.29, 0.717) is 57.2 Å². The molecule has 3 heterocycles. The molecule has 0 bridgehead atoms. The Labute approximate surface area is 197 Å². The summed E-state index contributed by atoms with van der Waals surface area (Å²) in [6, 6.07) is 6.48. The molecule has 33 heavy (non-hydrogen) atoms. The van der Waals surface area contributed by atoms with Crippen LogP contribution in [0.25, 0.3) is 22.6 Å². The molecule has 3 aromatic heterocycles. The van der Waals surface area contributed by atoms with Gasteiger partial charge in [-0.3, -0.25) is 10.1 Å². The number of nitrogens with zero attached hydrogens (tertiary/aromatic N) is 5. The van der Waals surface area contributed by atoms with Gasteiger partial charge in [-0.25, -0.2) is 19.9 Å². The smallest absolute Gasteiger partial charge is 0.310 e. The summed E-state index contributed by atoms with van der Waals surface area (Å²) in [5.74, 6) is 1.00. The highest BCUT2D eigenvalue weighted by Gasteiger charge is 2.21. The average molecular weight is 486 g/mol. The quantitative estimate of drug-likeness (QED) is 0.223. The van der Waals surface area contributed by atoms with Crippen molar-refractivity contribution in [2.45, 2.75) is 6.42 Å². The number of halogens is 2. The van der Waals surface area contributed by atoms with E-state index >= 15 is 0 Å². The van der Waals surface area contributed by atoms with Gasteiger partial charge in [0, 0.05) is 42.0 Å². The van der Waals surface area contributed by atoms with Crippen LogP contribution in [0.15, 0.2) is 42.9 Å². The normalized spacial score (nSPS) is 10.8. The first-order chi connectivity index (χ1) is 15.8. The van der Waals surface area contributed by atoms with Gasteiger partial charge in [0.2, 0.25) is 5.95 Å². The Hall–Kier alpha value is -3.96. The number of pyridine rings is 1. The highest BCUT2D eigenvalue weighted by Crippen LogP contribution is 2.36. The number of benzene rings is 1. The van der Waals surface area contributed by atoms with Crippen molar-refractivity contribution in [3.05, 3.63) is 68.7 Å². The van der Waals surface area contributed by atoms with Gasteiger partial charge in [-0.15, -0.1) is 0 Å². The fourth-order valence-electron chi connectivity index (χ4n) is 3.26. The van der Waals surface area contributed by atoms with E-state index in [1.807, 2.05) is 0 Å². The second kappa shape index (κ2) is 9.27. The van der Waals surface area contributed by atoms with E-state index in [2.05, 4.69) is 30.2 Å². The average Bonchev–Trinajstić information content (AvgIpc) is 3.27. The third kappa shape index (κ3) is 4.78. The number of H-pyrrole nitrogens is 1. The molecule has 1 aromatic carbocycles. The minimum atomic E-state index is -0.588. The summed E-state index contributed by atoms with van der Waals surface area (Å²) in [5.41, 5.74) is 13.9. The monoisotopic (exact) mass is 485 g/mol. The van der Waals surface area contributed by atoms with Gasteiger partial charge in [0.15, 0.2) is 0 Å². The Kier molecular flexibility index (Phi) is 6.24. The van der Waals surface area contributed by atoms with Crippen LogP contribution >= 0.6 is 23.2 Å². The van der Waals surface area contributed by atoms with Crippen molar-refractivity contribution >= 4 is 46.3 Å². The number of nitro groups is 1. The fourth-order valence-corrected chi connectivity index (χ4v) is 3.75. The van der Waals surface area contributed by atoms with Crippen molar-refractivity contribution in [2.75, 3.05) is 23.3 Å². The largest absolute Gasteiger partial charge is 0.393 e. The minimum absolute atomic E-state index is 0.0136. The van der Waals surface area contributed by atoms with Gasteiger partial charge >= 0.3 is 5.69 Å². The lowest BCUT2D eigenvalue weighted by atomic mass is 10.0. The SMILES string of the molecule is Nc1nc(CCNc2cc(N)c([N+](=O)[O-])cn2)c(-c2ncc[nH]2)c(-c2ccc(Cl)cc2Cl)n1. The Bertz CT molecular complexity index is 1330. The number of hydrogen-bond donors (Lipinski definition) is 4. The van der Waals surface area contributed by atoms with E-state index in [4.69, 9.17) is 34.7 Å². The maximum Gasteiger partial charge on any atom is 0.310 e. The van der Waals surface area contributed by atoms with Crippen LogP contribution < -0.4 is 16.8 Å².